The summed E-state index contributed by atoms with van der Waals surface area (Å²) in [5, 5.41) is 6.77. The molecule has 0 spiro atoms. The molecule has 3 rings (SSSR count). The molecule has 0 unspecified atom stereocenters. The molecule has 0 saturated heterocycles. The van der Waals surface area contributed by atoms with Crippen LogP contribution in [0.4, 0.5) is 0 Å². The first kappa shape index (κ1) is 10.5. The van der Waals surface area contributed by atoms with Gasteiger partial charge < -0.3 is 4.98 Å². The molecule has 0 atom stereocenters. The smallest absolute Gasteiger partial charge is 0.228 e. The van der Waals surface area contributed by atoms with Crippen molar-refractivity contribution in [2.24, 2.45) is 0 Å². The Kier molecular flexibility index (Phi) is 2.49. The summed E-state index contributed by atoms with van der Waals surface area (Å²) < 4.78 is 0. The van der Waals surface area contributed by atoms with E-state index in [0.717, 1.165) is 11.3 Å². The van der Waals surface area contributed by atoms with Gasteiger partial charge in [-0.1, -0.05) is 24.3 Å². The van der Waals surface area contributed by atoms with Gasteiger partial charge in [0.2, 0.25) is 5.78 Å². The molecule has 2 heterocycles. The number of aromatic amines is 2. The van der Waals surface area contributed by atoms with E-state index in [4.69, 9.17) is 0 Å². The van der Waals surface area contributed by atoms with Crippen LogP contribution in [0, 0.1) is 0 Å². The fraction of sp³-hybridized carbons (Fsp3) is 0. The van der Waals surface area contributed by atoms with Crippen molar-refractivity contribution in [2.75, 3.05) is 0 Å². The molecule has 3 aromatic rings. The number of nitrogens with zero attached hydrogens (tertiary/aromatic N) is 2. The van der Waals surface area contributed by atoms with Crippen molar-refractivity contribution in [1.29, 1.82) is 0 Å². The van der Waals surface area contributed by atoms with Gasteiger partial charge in [0.1, 0.15) is 0 Å². The molecule has 18 heavy (non-hydrogen) atoms. The lowest BCUT2D eigenvalue weighted by atomic mass is 10.1. The lowest BCUT2D eigenvalue weighted by Crippen LogP contribution is -2.03. The zero-order valence-corrected chi connectivity index (χ0v) is 9.42. The van der Waals surface area contributed by atoms with Gasteiger partial charge in [0.15, 0.2) is 5.82 Å². The molecule has 0 aliphatic heterocycles. The molecule has 0 radical (unpaired) electrons. The van der Waals surface area contributed by atoms with E-state index in [0.29, 0.717) is 11.4 Å². The third-order valence-corrected chi connectivity index (χ3v) is 2.67. The molecule has 2 aromatic heterocycles. The van der Waals surface area contributed by atoms with Crippen molar-refractivity contribution in [3.63, 3.8) is 0 Å². The highest BCUT2D eigenvalue weighted by Crippen LogP contribution is 2.17. The summed E-state index contributed by atoms with van der Waals surface area (Å²) in [6.45, 7) is 0. The molecule has 5 heteroatoms. The minimum Gasteiger partial charge on any atom is -0.342 e. The van der Waals surface area contributed by atoms with Gasteiger partial charge in [-0.25, -0.2) is 4.98 Å². The Bertz CT molecular complexity index is 639. The van der Waals surface area contributed by atoms with Crippen LogP contribution >= 0.6 is 0 Å². The van der Waals surface area contributed by atoms with Gasteiger partial charge in [-0.3, -0.25) is 9.89 Å². The zero-order chi connectivity index (χ0) is 12.4. The first-order valence-corrected chi connectivity index (χ1v) is 5.48. The normalized spacial score (nSPS) is 10.4. The van der Waals surface area contributed by atoms with Crippen molar-refractivity contribution < 1.29 is 4.79 Å². The van der Waals surface area contributed by atoms with E-state index in [1.165, 1.54) is 0 Å². The number of benzene rings is 1. The molecule has 1 aromatic carbocycles. The summed E-state index contributed by atoms with van der Waals surface area (Å²) in [5.41, 5.74) is 2.52. The Balaban J connectivity index is 1.90. The predicted molar refractivity (Wildman–Crippen MR) is 66.0 cm³/mol. The van der Waals surface area contributed by atoms with E-state index in [1.807, 2.05) is 18.2 Å². The van der Waals surface area contributed by atoms with Gasteiger partial charge in [0.05, 0.1) is 5.69 Å². The van der Waals surface area contributed by atoms with Crippen molar-refractivity contribution in [3.8, 4) is 11.3 Å². The summed E-state index contributed by atoms with van der Waals surface area (Å²) in [7, 11) is 0. The van der Waals surface area contributed by atoms with Crippen LogP contribution < -0.4 is 0 Å². The SMILES string of the molecule is O=C(c1ccc(-c2ccn[nH]2)cc1)c1ncc[nH]1. The number of hydrogen-bond acceptors (Lipinski definition) is 3. The number of aromatic nitrogens is 4. The van der Waals surface area contributed by atoms with Crippen LogP contribution in [0.5, 0.6) is 0 Å². The van der Waals surface area contributed by atoms with Crippen molar-refractivity contribution in [2.45, 2.75) is 0 Å². The average Bonchev–Trinajstić information content (AvgIpc) is 3.11. The van der Waals surface area contributed by atoms with Crippen LogP contribution in [-0.2, 0) is 0 Å². The number of hydrogen-bond donors (Lipinski definition) is 2. The lowest BCUT2D eigenvalue weighted by Gasteiger charge is -2.00. The standard InChI is InChI=1S/C13H10N4O/c18-12(13-14-7-8-15-13)10-3-1-9(2-4-10)11-5-6-16-17-11/h1-8H,(H,14,15)(H,16,17). The molecular weight excluding hydrogens is 228 g/mol. The number of imidazole rings is 1. The van der Waals surface area contributed by atoms with E-state index in [9.17, 15) is 4.79 Å². The van der Waals surface area contributed by atoms with Crippen LogP contribution in [-0.4, -0.2) is 25.9 Å². The molecule has 0 aliphatic rings. The average molecular weight is 238 g/mol. The van der Waals surface area contributed by atoms with Gasteiger partial charge in [0, 0.05) is 24.2 Å². The van der Waals surface area contributed by atoms with Crippen LogP contribution in [0.15, 0.2) is 48.9 Å². The predicted octanol–water partition coefficient (Wildman–Crippen LogP) is 2.03. The summed E-state index contributed by atoms with van der Waals surface area (Å²) in [6, 6.07) is 9.19. The maximum Gasteiger partial charge on any atom is 0.228 e. The molecule has 0 saturated carbocycles. The Morgan fingerprint density at radius 3 is 2.50 bits per heavy atom. The van der Waals surface area contributed by atoms with Crippen LogP contribution in [0.3, 0.4) is 0 Å². The summed E-state index contributed by atoms with van der Waals surface area (Å²) in [4.78, 5) is 18.7. The Morgan fingerprint density at radius 1 is 1.06 bits per heavy atom. The van der Waals surface area contributed by atoms with Crippen LogP contribution in [0.1, 0.15) is 16.2 Å². The van der Waals surface area contributed by atoms with Gasteiger partial charge in [0.25, 0.3) is 0 Å². The quantitative estimate of drug-likeness (QED) is 0.685. The van der Waals surface area contributed by atoms with Gasteiger partial charge in [-0.05, 0) is 11.6 Å². The highest BCUT2D eigenvalue weighted by molar-refractivity contribution is 6.06. The number of rotatable bonds is 3. The van der Waals surface area contributed by atoms with Crippen molar-refractivity contribution in [3.05, 3.63) is 60.3 Å². The highest BCUT2D eigenvalue weighted by Gasteiger charge is 2.11. The number of carbonyl (C=O) groups excluding carboxylic acids is 1. The third kappa shape index (κ3) is 1.82. The molecule has 0 aliphatic carbocycles. The van der Waals surface area contributed by atoms with E-state index < -0.39 is 0 Å². The first-order chi connectivity index (χ1) is 8.84. The summed E-state index contributed by atoms with van der Waals surface area (Å²) in [6.07, 6.45) is 4.88. The molecule has 5 nitrogen and oxygen atoms in total. The van der Waals surface area contributed by atoms with Gasteiger partial charge in [-0.2, -0.15) is 5.10 Å². The van der Waals surface area contributed by atoms with Gasteiger partial charge >= 0.3 is 0 Å². The summed E-state index contributed by atoms with van der Waals surface area (Å²) in [5.74, 6) is 0.237. The second-order valence-corrected chi connectivity index (χ2v) is 3.81. The Hall–Kier alpha value is -2.69. The monoisotopic (exact) mass is 238 g/mol. The molecule has 2 N–H and O–H groups in total. The van der Waals surface area contributed by atoms with Crippen LogP contribution in [0.2, 0.25) is 0 Å². The second kappa shape index (κ2) is 4.29. The molecule has 88 valence electrons. The summed E-state index contributed by atoms with van der Waals surface area (Å²) >= 11 is 0. The first-order valence-electron chi connectivity index (χ1n) is 5.48. The fourth-order valence-electron chi connectivity index (χ4n) is 1.74. The zero-order valence-electron chi connectivity index (χ0n) is 9.42. The third-order valence-electron chi connectivity index (χ3n) is 2.67. The van der Waals surface area contributed by atoms with E-state index in [1.54, 1.807) is 30.7 Å². The molecule has 0 amide bonds. The number of ketones is 1. The largest absolute Gasteiger partial charge is 0.342 e. The lowest BCUT2D eigenvalue weighted by molar-refractivity contribution is 0.103. The fourth-order valence-corrected chi connectivity index (χ4v) is 1.74. The minimum atomic E-state index is -0.115. The Labute approximate surface area is 103 Å². The number of carbonyl (C=O) groups is 1. The topological polar surface area (TPSA) is 74.4 Å². The van der Waals surface area contributed by atoms with Gasteiger partial charge in [-0.15, -0.1) is 0 Å². The molecular formula is C13H10N4O. The number of H-pyrrole nitrogens is 2. The maximum atomic E-state index is 12.0. The van der Waals surface area contributed by atoms with E-state index in [2.05, 4.69) is 20.2 Å². The Morgan fingerprint density at radius 2 is 1.89 bits per heavy atom. The maximum absolute atomic E-state index is 12.0. The minimum absolute atomic E-state index is 0.115. The molecule has 0 bridgehead atoms. The van der Waals surface area contributed by atoms with E-state index >= 15 is 0 Å². The number of nitrogens with one attached hydrogen (secondary N) is 2. The van der Waals surface area contributed by atoms with E-state index in [-0.39, 0.29) is 5.78 Å². The van der Waals surface area contributed by atoms with Crippen molar-refractivity contribution >= 4 is 5.78 Å². The molecule has 0 fully saturated rings. The van der Waals surface area contributed by atoms with Crippen LogP contribution in [0.25, 0.3) is 11.3 Å². The van der Waals surface area contributed by atoms with Crippen molar-refractivity contribution in [1.82, 2.24) is 20.2 Å². The second-order valence-electron chi connectivity index (χ2n) is 3.81. The highest BCUT2D eigenvalue weighted by atomic mass is 16.1.